The molecular weight excluding hydrogens is 462 g/mol. The lowest BCUT2D eigenvalue weighted by Gasteiger charge is -2.09. The predicted octanol–water partition coefficient (Wildman–Crippen LogP) is 4.61. The molecule has 0 aliphatic heterocycles. The van der Waals surface area contributed by atoms with Gasteiger partial charge in [0.2, 0.25) is 0 Å². The zero-order valence-corrected chi connectivity index (χ0v) is 16.9. The van der Waals surface area contributed by atoms with Crippen molar-refractivity contribution in [2.24, 2.45) is 0 Å². The highest BCUT2D eigenvalue weighted by Crippen LogP contribution is 2.24. The van der Waals surface area contributed by atoms with Gasteiger partial charge in [-0.25, -0.2) is 13.4 Å². The van der Waals surface area contributed by atoms with Gasteiger partial charge in [-0.1, -0.05) is 29.0 Å². The minimum Gasteiger partial charge on any atom is -0.298 e. The maximum Gasteiger partial charge on any atom is 0.261 e. The molecule has 0 radical (unpaired) electrons. The van der Waals surface area contributed by atoms with Crippen molar-refractivity contribution in [3.05, 3.63) is 69.1 Å². The molecule has 6 nitrogen and oxygen atoms in total. The Morgan fingerprint density at radius 3 is 2.54 bits per heavy atom. The predicted molar refractivity (Wildman–Crippen MR) is 106 cm³/mol. The fourth-order valence-corrected chi connectivity index (χ4v) is 4.35. The Morgan fingerprint density at radius 2 is 1.88 bits per heavy atom. The molecule has 3 aromatic rings. The van der Waals surface area contributed by atoms with Gasteiger partial charge in [0, 0.05) is 16.3 Å². The number of nitrogens with zero attached hydrogens (tertiary/aromatic N) is 1. The molecule has 0 aliphatic rings. The first-order chi connectivity index (χ1) is 12.3. The number of amides is 1. The van der Waals surface area contributed by atoms with Gasteiger partial charge in [-0.05, 0) is 58.4 Å². The summed E-state index contributed by atoms with van der Waals surface area (Å²) >= 11 is 10.3. The van der Waals surface area contributed by atoms with Crippen LogP contribution < -0.4 is 10.0 Å². The van der Waals surface area contributed by atoms with Crippen LogP contribution >= 0.6 is 38.9 Å². The minimum atomic E-state index is -3.84. The van der Waals surface area contributed by atoms with Crippen LogP contribution in [0.1, 0.15) is 10.4 Å². The lowest BCUT2D eigenvalue weighted by Crippen LogP contribution is -2.15. The molecule has 26 heavy (non-hydrogen) atoms. The number of carbonyl (C=O) groups excluding carboxylic acids is 1. The van der Waals surface area contributed by atoms with Crippen LogP contribution in [0.3, 0.4) is 0 Å². The van der Waals surface area contributed by atoms with Gasteiger partial charge in [0.25, 0.3) is 15.9 Å². The Morgan fingerprint density at radius 1 is 1.15 bits per heavy atom. The number of thiazole rings is 1. The van der Waals surface area contributed by atoms with Gasteiger partial charge in [-0.2, -0.15) is 0 Å². The lowest BCUT2D eigenvalue weighted by atomic mass is 10.2. The molecular formula is C16H11BrClN3O3S2. The van der Waals surface area contributed by atoms with Crippen LogP contribution in [-0.4, -0.2) is 19.3 Å². The van der Waals surface area contributed by atoms with E-state index in [1.165, 1.54) is 35.6 Å². The monoisotopic (exact) mass is 471 g/mol. The topological polar surface area (TPSA) is 88.2 Å². The van der Waals surface area contributed by atoms with Crippen molar-refractivity contribution in [3.8, 4) is 0 Å². The van der Waals surface area contributed by atoms with E-state index in [1.807, 2.05) is 0 Å². The Bertz CT molecular complexity index is 1050. The molecule has 0 saturated heterocycles. The van der Waals surface area contributed by atoms with Crippen molar-refractivity contribution in [3.63, 3.8) is 0 Å². The zero-order valence-electron chi connectivity index (χ0n) is 12.9. The summed E-state index contributed by atoms with van der Waals surface area (Å²) in [5.74, 6) is -0.449. The summed E-state index contributed by atoms with van der Waals surface area (Å²) in [6.07, 6.45) is 1.57. The molecule has 1 heterocycles. The van der Waals surface area contributed by atoms with Crippen molar-refractivity contribution in [1.82, 2.24) is 4.98 Å². The zero-order chi connectivity index (χ0) is 18.7. The van der Waals surface area contributed by atoms with Crippen LogP contribution in [-0.2, 0) is 10.0 Å². The van der Waals surface area contributed by atoms with E-state index in [4.69, 9.17) is 11.6 Å². The van der Waals surface area contributed by atoms with Crippen LogP contribution in [0.2, 0.25) is 5.02 Å². The molecule has 10 heteroatoms. The number of sulfonamides is 1. The van der Waals surface area contributed by atoms with E-state index < -0.39 is 15.9 Å². The van der Waals surface area contributed by atoms with Crippen LogP contribution in [0.25, 0.3) is 0 Å². The molecule has 0 atom stereocenters. The maximum atomic E-state index is 12.5. The van der Waals surface area contributed by atoms with Gasteiger partial charge < -0.3 is 0 Å². The summed E-state index contributed by atoms with van der Waals surface area (Å²) < 4.78 is 28.3. The van der Waals surface area contributed by atoms with Gasteiger partial charge in [-0.15, -0.1) is 0 Å². The standard InChI is InChI=1S/C16H11BrClN3O3S2/c17-14-9-19-16(25-14)20-15(22)10-2-1-3-13(8-10)26(23,24)21-12-6-4-11(18)5-7-12/h1-9,21H,(H,19,20,22). The molecule has 0 fully saturated rings. The van der Waals surface area contributed by atoms with Crippen LogP contribution in [0.5, 0.6) is 0 Å². The van der Waals surface area contributed by atoms with Crippen LogP contribution in [0.15, 0.2) is 63.4 Å². The quantitative estimate of drug-likeness (QED) is 0.567. The fraction of sp³-hybridized carbons (Fsp3) is 0. The summed E-state index contributed by atoms with van der Waals surface area (Å²) in [6.45, 7) is 0. The second-order valence-corrected chi connectivity index (χ2v) is 9.59. The van der Waals surface area contributed by atoms with Gasteiger partial charge >= 0.3 is 0 Å². The molecule has 3 rings (SSSR count). The number of rotatable bonds is 5. The third-order valence-corrected chi connectivity index (χ3v) is 6.22. The van der Waals surface area contributed by atoms with E-state index in [9.17, 15) is 13.2 Å². The van der Waals surface area contributed by atoms with E-state index in [0.29, 0.717) is 15.8 Å². The van der Waals surface area contributed by atoms with Crippen molar-refractivity contribution >= 4 is 65.6 Å². The minimum absolute atomic E-state index is 0.0274. The second kappa shape index (κ2) is 7.75. The van der Waals surface area contributed by atoms with E-state index in [-0.39, 0.29) is 10.5 Å². The average molecular weight is 473 g/mol. The summed E-state index contributed by atoms with van der Waals surface area (Å²) in [6, 6.07) is 12.0. The van der Waals surface area contributed by atoms with E-state index in [1.54, 1.807) is 30.5 Å². The normalized spacial score (nSPS) is 11.2. The number of halogens is 2. The largest absolute Gasteiger partial charge is 0.298 e. The number of benzene rings is 2. The van der Waals surface area contributed by atoms with E-state index >= 15 is 0 Å². The summed E-state index contributed by atoms with van der Waals surface area (Å²) in [5.41, 5.74) is 0.576. The molecule has 0 aliphatic carbocycles. The van der Waals surface area contributed by atoms with Crippen LogP contribution in [0.4, 0.5) is 10.8 Å². The first-order valence-electron chi connectivity index (χ1n) is 7.15. The number of aromatic nitrogens is 1. The van der Waals surface area contributed by atoms with E-state index in [2.05, 4.69) is 31.0 Å². The highest BCUT2D eigenvalue weighted by Gasteiger charge is 2.17. The molecule has 134 valence electrons. The van der Waals surface area contributed by atoms with Crippen molar-refractivity contribution < 1.29 is 13.2 Å². The summed E-state index contributed by atoms with van der Waals surface area (Å²) in [5, 5.41) is 3.53. The molecule has 2 N–H and O–H groups in total. The molecule has 2 aromatic carbocycles. The number of hydrogen-bond donors (Lipinski definition) is 2. The van der Waals surface area contributed by atoms with Crippen molar-refractivity contribution in [2.75, 3.05) is 10.0 Å². The van der Waals surface area contributed by atoms with Crippen molar-refractivity contribution in [1.29, 1.82) is 0 Å². The average Bonchev–Trinajstić information content (AvgIpc) is 3.02. The first-order valence-corrected chi connectivity index (χ1v) is 10.6. The summed E-state index contributed by atoms with van der Waals surface area (Å²) in [4.78, 5) is 16.3. The number of nitrogens with one attached hydrogen (secondary N) is 2. The Balaban J connectivity index is 1.81. The van der Waals surface area contributed by atoms with Crippen LogP contribution in [0, 0.1) is 0 Å². The van der Waals surface area contributed by atoms with Crippen molar-refractivity contribution in [2.45, 2.75) is 4.90 Å². The molecule has 1 aromatic heterocycles. The third kappa shape index (κ3) is 4.61. The molecule has 0 unspecified atom stereocenters. The first kappa shape index (κ1) is 18.8. The highest BCUT2D eigenvalue weighted by molar-refractivity contribution is 9.11. The van der Waals surface area contributed by atoms with Gasteiger partial charge in [0.05, 0.1) is 14.9 Å². The van der Waals surface area contributed by atoms with Gasteiger partial charge in [0.15, 0.2) is 5.13 Å². The number of hydrogen-bond acceptors (Lipinski definition) is 5. The maximum absolute atomic E-state index is 12.5. The van der Waals surface area contributed by atoms with Gasteiger partial charge in [-0.3, -0.25) is 14.8 Å². The third-order valence-electron chi connectivity index (χ3n) is 3.20. The Labute approximate surface area is 167 Å². The lowest BCUT2D eigenvalue weighted by molar-refractivity contribution is 0.102. The van der Waals surface area contributed by atoms with E-state index in [0.717, 1.165) is 3.79 Å². The molecule has 0 saturated carbocycles. The fourth-order valence-electron chi connectivity index (χ4n) is 2.02. The molecule has 1 amide bonds. The smallest absolute Gasteiger partial charge is 0.261 e. The number of anilines is 2. The Hall–Kier alpha value is -1.94. The number of carbonyl (C=O) groups is 1. The highest BCUT2D eigenvalue weighted by atomic mass is 79.9. The summed E-state index contributed by atoms with van der Waals surface area (Å²) in [7, 11) is -3.84. The van der Waals surface area contributed by atoms with Gasteiger partial charge in [0.1, 0.15) is 0 Å². The SMILES string of the molecule is O=C(Nc1ncc(Br)s1)c1cccc(S(=O)(=O)Nc2ccc(Cl)cc2)c1. The second-order valence-electron chi connectivity index (χ2n) is 5.06. The Kier molecular flexibility index (Phi) is 5.61. The molecule has 0 spiro atoms. The molecule has 0 bridgehead atoms.